The zero-order valence-corrected chi connectivity index (χ0v) is 10.0. The van der Waals surface area contributed by atoms with E-state index in [1.165, 1.54) is 12.1 Å². The van der Waals surface area contributed by atoms with Crippen molar-refractivity contribution in [3.05, 3.63) is 29.0 Å². The highest BCUT2D eigenvalue weighted by molar-refractivity contribution is 6.31. The van der Waals surface area contributed by atoms with Gasteiger partial charge in [-0.05, 0) is 25.0 Å². The molecule has 0 radical (unpaired) electrons. The van der Waals surface area contributed by atoms with Crippen LogP contribution in [0.25, 0.3) is 0 Å². The standard InChI is InChI=1S/C12H14ClFN2O/c13-8-4-2-6-10(11(8)14)16-12(17)7-3-1-5-9(7)15/h2,4,6-7,9H,1,3,5,15H2,(H,16,17). The number of hydrogen-bond donors (Lipinski definition) is 2. The van der Waals surface area contributed by atoms with Gasteiger partial charge in [0, 0.05) is 6.04 Å². The van der Waals surface area contributed by atoms with Crippen LogP contribution in [0.5, 0.6) is 0 Å². The molecule has 3 N–H and O–H groups in total. The van der Waals surface area contributed by atoms with E-state index < -0.39 is 5.82 Å². The minimum atomic E-state index is -0.603. The number of halogens is 2. The molecule has 1 aromatic rings. The summed E-state index contributed by atoms with van der Waals surface area (Å²) in [4.78, 5) is 11.9. The first kappa shape index (κ1) is 12.3. The Kier molecular flexibility index (Phi) is 3.64. The zero-order valence-electron chi connectivity index (χ0n) is 9.25. The highest BCUT2D eigenvalue weighted by Crippen LogP contribution is 2.27. The SMILES string of the molecule is NC1CCCC1C(=O)Nc1cccc(Cl)c1F. The Morgan fingerprint density at radius 3 is 2.88 bits per heavy atom. The van der Waals surface area contributed by atoms with E-state index in [0.29, 0.717) is 0 Å². The fraction of sp³-hybridized carbons (Fsp3) is 0.417. The molecule has 0 aromatic heterocycles. The van der Waals surface area contributed by atoms with Crippen LogP contribution in [0.4, 0.5) is 10.1 Å². The summed E-state index contributed by atoms with van der Waals surface area (Å²) in [6.07, 6.45) is 2.54. The van der Waals surface area contributed by atoms with Crippen LogP contribution in [-0.2, 0) is 4.79 Å². The van der Waals surface area contributed by atoms with Crippen molar-refractivity contribution in [2.75, 3.05) is 5.32 Å². The second kappa shape index (κ2) is 5.02. The molecule has 1 aromatic carbocycles. The summed E-state index contributed by atoms with van der Waals surface area (Å²) < 4.78 is 13.6. The quantitative estimate of drug-likeness (QED) is 0.854. The first-order valence-electron chi connectivity index (χ1n) is 5.60. The molecule has 2 rings (SSSR count). The number of nitrogens with two attached hydrogens (primary N) is 1. The molecule has 5 heteroatoms. The van der Waals surface area contributed by atoms with Crippen LogP contribution in [0.1, 0.15) is 19.3 Å². The predicted octanol–water partition coefficient (Wildman–Crippen LogP) is 2.54. The molecular weight excluding hydrogens is 243 g/mol. The molecule has 0 aliphatic heterocycles. The van der Waals surface area contributed by atoms with E-state index in [-0.39, 0.29) is 28.6 Å². The molecule has 17 heavy (non-hydrogen) atoms. The van der Waals surface area contributed by atoms with Crippen LogP contribution in [0.3, 0.4) is 0 Å². The summed E-state index contributed by atoms with van der Waals surface area (Å²) in [7, 11) is 0. The van der Waals surface area contributed by atoms with Crippen molar-refractivity contribution in [3.8, 4) is 0 Å². The monoisotopic (exact) mass is 256 g/mol. The second-order valence-electron chi connectivity index (χ2n) is 4.29. The molecule has 3 nitrogen and oxygen atoms in total. The van der Waals surface area contributed by atoms with Gasteiger partial charge in [-0.3, -0.25) is 4.79 Å². The number of nitrogens with one attached hydrogen (secondary N) is 1. The molecule has 1 amide bonds. The average molecular weight is 257 g/mol. The summed E-state index contributed by atoms with van der Waals surface area (Å²) >= 11 is 5.63. The van der Waals surface area contributed by atoms with E-state index in [9.17, 15) is 9.18 Å². The van der Waals surface area contributed by atoms with Gasteiger partial charge in [0.2, 0.25) is 5.91 Å². The lowest BCUT2D eigenvalue weighted by molar-refractivity contribution is -0.120. The fourth-order valence-electron chi connectivity index (χ4n) is 2.14. The molecule has 1 fully saturated rings. The van der Waals surface area contributed by atoms with Crippen molar-refractivity contribution in [2.24, 2.45) is 11.7 Å². The fourth-order valence-corrected chi connectivity index (χ4v) is 2.31. The van der Waals surface area contributed by atoms with Crippen molar-refractivity contribution in [2.45, 2.75) is 25.3 Å². The molecule has 1 saturated carbocycles. The Balaban J connectivity index is 2.10. The number of hydrogen-bond acceptors (Lipinski definition) is 2. The van der Waals surface area contributed by atoms with Gasteiger partial charge < -0.3 is 11.1 Å². The van der Waals surface area contributed by atoms with Gasteiger partial charge in [0.1, 0.15) is 0 Å². The number of benzene rings is 1. The van der Waals surface area contributed by atoms with E-state index in [1.807, 2.05) is 0 Å². The third-order valence-corrected chi connectivity index (χ3v) is 3.41. The molecule has 0 heterocycles. The van der Waals surface area contributed by atoms with E-state index in [4.69, 9.17) is 17.3 Å². The van der Waals surface area contributed by atoms with Crippen LogP contribution >= 0.6 is 11.6 Å². The number of rotatable bonds is 2. The lowest BCUT2D eigenvalue weighted by Gasteiger charge is -2.15. The first-order valence-corrected chi connectivity index (χ1v) is 5.98. The van der Waals surface area contributed by atoms with E-state index in [0.717, 1.165) is 19.3 Å². The smallest absolute Gasteiger partial charge is 0.229 e. The Hall–Kier alpha value is -1.13. The maximum absolute atomic E-state index is 13.6. The van der Waals surface area contributed by atoms with Crippen molar-refractivity contribution < 1.29 is 9.18 Å². The first-order chi connectivity index (χ1) is 8.09. The summed E-state index contributed by atoms with van der Waals surface area (Å²) in [6, 6.07) is 4.39. The number of carbonyl (C=O) groups is 1. The van der Waals surface area contributed by atoms with E-state index in [1.54, 1.807) is 6.07 Å². The topological polar surface area (TPSA) is 55.1 Å². The molecule has 2 atom stereocenters. The van der Waals surface area contributed by atoms with Gasteiger partial charge in [0.05, 0.1) is 16.6 Å². The largest absolute Gasteiger partial charge is 0.327 e. The van der Waals surface area contributed by atoms with Gasteiger partial charge in [-0.15, -0.1) is 0 Å². The van der Waals surface area contributed by atoms with E-state index in [2.05, 4.69) is 5.32 Å². The van der Waals surface area contributed by atoms with Gasteiger partial charge in [-0.2, -0.15) is 0 Å². The van der Waals surface area contributed by atoms with Gasteiger partial charge in [-0.1, -0.05) is 24.1 Å². The molecular formula is C12H14ClFN2O. The van der Waals surface area contributed by atoms with Crippen molar-refractivity contribution in [1.29, 1.82) is 0 Å². The van der Waals surface area contributed by atoms with E-state index >= 15 is 0 Å². The second-order valence-corrected chi connectivity index (χ2v) is 4.70. The Morgan fingerprint density at radius 2 is 2.24 bits per heavy atom. The lowest BCUT2D eigenvalue weighted by atomic mass is 10.0. The molecule has 0 bridgehead atoms. The molecule has 0 saturated heterocycles. The van der Waals surface area contributed by atoms with Crippen molar-refractivity contribution in [1.82, 2.24) is 0 Å². The minimum absolute atomic E-state index is 0.00137. The molecule has 2 unspecified atom stereocenters. The Bertz CT molecular complexity index is 439. The van der Waals surface area contributed by atoms with Crippen LogP contribution < -0.4 is 11.1 Å². The Labute approximate surface area is 104 Å². The Morgan fingerprint density at radius 1 is 1.47 bits per heavy atom. The van der Waals surface area contributed by atoms with Crippen LogP contribution in [0.2, 0.25) is 5.02 Å². The zero-order chi connectivity index (χ0) is 12.4. The maximum atomic E-state index is 13.6. The van der Waals surface area contributed by atoms with Gasteiger partial charge >= 0.3 is 0 Å². The van der Waals surface area contributed by atoms with Gasteiger partial charge in [0.25, 0.3) is 0 Å². The third-order valence-electron chi connectivity index (χ3n) is 3.12. The molecule has 92 valence electrons. The lowest BCUT2D eigenvalue weighted by Crippen LogP contribution is -2.34. The van der Waals surface area contributed by atoms with Crippen LogP contribution in [-0.4, -0.2) is 11.9 Å². The number of amides is 1. The van der Waals surface area contributed by atoms with Gasteiger partial charge in [-0.25, -0.2) is 4.39 Å². The van der Waals surface area contributed by atoms with Crippen LogP contribution in [0.15, 0.2) is 18.2 Å². The maximum Gasteiger partial charge on any atom is 0.229 e. The van der Waals surface area contributed by atoms with Gasteiger partial charge in [0.15, 0.2) is 5.82 Å². The van der Waals surface area contributed by atoms with Crippen molar-refractivity contribution in [3.63, 3.8) is 0 Å². The van der Waals surface area contributed by atoms with Crippen LogP contribution in [0, 0.1) is 11.7 Å². The minimum Gasteiger partial charge on any atom is -0.327 e. The number of carbonyl (C=O) groups excluding carboxylic acids is 1. The summed E-state index contributed by atoms with van der Waals surface area (Å²) in [5, 5.41) is 2.54. The highest BCUT2D eigenvalue weighted by Gasteiger charge is 2.30. The van der Waals surface area contributed by atoms with Crippen molar-refractivity contribution >= 4 is 23.2 Å². The highest BCUT2D eigenvalue weighted by atomic mass is 35.5. The normalized spacial score (nSPS) is 23.7. The molecule has 0 spiro atoms. The molecule has 1 aliphatic rings. The summed E-state index contributed by atoms with van der Waals surface area (Å²) in [6.45, 7) is 0. The predicted molar refractivity (Wildman–Crippen MR) is 65.4 cm³/mol. The third kappa shape index (κ3) is 2.58. The molecule has 1 aliphatic carbocycles. The summed E-state index contributed by atoms with van der Waals surface area (Å²) in [5.74, 6) is -1.06. The summed E-state index contributed by atoms with van der Waals surface area (Å²) in [5.41, 5.74) is 5.93. The average Bonchev–Trinajstić information content (AvgIpc) is 2.71. The number of anilines is 1.